The van der Waals surface area contributed by atoms with E-state index in [1.54, 1.807) is 0 Å². The number of hydrogen-bond donors (Lipinski definition) is 0. The van der Waals surface area contributed by atoms with Crippen LogP contribution in [0.15, 0.2) is 0 Å². The van der Waals surface area contributed by atoms with Gasteiger partial charge in [-0.25, -0.2) is 4.79 Å². The highest BCUT2D eigenvalue weighted by molar-refractivity contribution is 5.77. The lowest BCUT2D eigenvalue weighted by atomic mass is 9.51. The van der Waals surface area contributed by atoms with Crippen molar-refractivity contribution in [3.05, 3.63) is 0 Å². The third-order valence-electron chi connectivity index (χ3n) is 5.88. The predicted octanol–water partition coefficient (Wildman–Crippen LogP) is 2.90. The second-order valence-electron chi connectivity index (χ2n) is 7.58. The van der Waals surface area contributed by atoms with E-state index in [-0.39, 0.29) is 11.8 Å². The van der Waals surface area contributed by atoms with E-state index in [0.29, 0.717) is 45.3 Å². The summed E-state index contributed by atoms with van der Waals surface area (Å²) in [6, 6.07) is 0. The summed E-state index contributed by atoms with van der Waals surface area (Å²) in [7, 11) is 0. The highest BCUT2D eigenvalue weighted by Gasteiger charge is 2.66. The Labute approximate surface area is 128 Å². The minimum absolute atomic E-state index is 0.150. The molecule has 0 aromatic carbocycles. The lowest BCUT2D eigenvalue weighted by molar-refractivity contribution is -0.373. The van der Waals surface area contributed by atoms with E-state index in [2.05, 4.69) is 0 Å². The van der Waals surface area contributed by atoms with Crippen LogP contribution in [-0.4, -0.2) is 36.5 Å². The molecule has 4 saturated carbocycles. The summed E-state index contributed by atoms with van der Waals surface area (Å²) in [5.74, 6) is -4.65. The standard InChI is InChI=1S/C16H22F2O4/c1-14(17,18)13(19)22-15-7-10-5-11(8-15)16(12(6-10)9-15)20-3-2-4-21-16/h10-12H,2-9H2,1H3. The fourth-order valence-electron chi connectivity index (χ4n) is 5.30. The third kappa shape index (κ3) is 2.10. The molecule has 1 spiro atoms. The van der Waals surface area contributed by atoms with Crippen LogP contribution in [0.1, 0.15) is 45.4 Å². The Kier molecular flexibility index (Phi) is 3.12. The molecule has 1 heterocycles. The van der Waals surface area contributed by atoms with Gasteiger partial charge in [0.1, 0.15) is 5.60 Å². The van der Waals surface area contributed by atoms with Gasteiger partial charge in [-0.05, 0) is 44.4 Å². The van der Waals surface area contributed by atoms with Crippen molar-refractivity contribution in [1.82, 2.24) is 0 Å². The number of alkyl halides is 2. The Bertz CT molecular complexity index is 463. The summed E-state index contributed by atoms with van der Waals surface area (Å²) in [5, 5.41) is 0. The van der Waals surface area contributed by atoms with Crippen LogP contribution in [0.2, 0.25) is 0 Å². The van der Waals surface area contributed by atoms with Crippen molar-refractivity contribution in [1.29, 1.82) is 0 Å². The molecule has 2 atom stereocenters. The number of hydrogen-bond acceptors (Lipinski definition) is 4. The third-order valence-corrected chi connectivity index (χ3v) is 5.88. The molecule has 4 aliphatic carbocycles. The van der Waals surface area contributed by atoms with E-state index >= 15 is 0 Å². The molecule has 1 aliphatic heterocycles. The molecule has 5 fully saturated rings. The van der Waals surface area contributed by atoms with E-state index in [1.807, 2.05) is 0 Å². The molecule has 5 aliphatic rings. The Morgan fingerprint density at radius 3 is 2.27 bits per heavy atom. The molecule has 0 amide bonds. The Morgan fingerprint density at radius 1 is 1.14 bits per heavy atom. The van der Waals surface area contributed by atoms with Crippen LogP contribution in [0, 0.1) is 17.8 Å². The topological polar surface area (TPSA) is 44.8 Å². The maximum atomic E-state index is 13.2. The maximum Gasteiger partial charge on any atom is 0.377 e. The second kappa shape index (κ2) is 4.63. The largest absolute Gasteiger partial charge is 0.455 e. The zero-order valence-electron chi connectivity index (χ0n) is 12.8. The van der Waals surface area contributed by atoms with Gasteiger partial charge < -0.3 is 14.2 Å². The minimum atomic E-state index is -3.43. The number of halogens is 2. The minimum Gasteiger partial charge on any atom is -0.455 e. The summed E-state index contributed by atoms with van der Waals surface area (Å²) in [6.07, 6.45) is 4.74. The number of esters is 1. The van der Waals surface area contributed by atoms with Gasteiger partial charge in [0.2, 0.25) is 0 Å². The normalized spacial score (nSPS) is 42.6. The van der Waals surface area contributed by atoms with Crippen LogP contribution in [0.5, 0.6) is 0 Å². The van der Waals surface area contributed by atoms with Crippen LogP contribution < -0.4 is 0 Å². The lowest BCUT2D eigenvalue weighted by Gasteiger charge is -2.64. The molecular formula is C16H22F2O4. The van der Waals surface area contributed by atoms with Crippen molar-refractivity contribution in [2.75, 3.05) is 13.2 Å². The molecule has 0 N–H and O–H groups in total. The fraction of sp³-hybridized carbons (Fsp3) is 0.938. The summed E-state index contributed by atoms with van der Waals surface area (Å²) >= 11 is 0. The number of carbonyl (C=O) groups is 1. The first kappa shape index (κ1) is 14.8. The van der Waals surface area contributed by atoms with Crippen molar-refractivity contribution in [3.63, 3.8) is 0 Å². The molecule has 124 valence electrons. The monoisotopic (exact) mass is 316 g/mol. The molecule has 2 unspecified atom stereocenters. The van der Waals surface area contributed by atoms with Crippen LogP contribution in [-0.2, 0) is 19.0 Å². The van der Waals surface area contributed by atoms with E-state index in [9.17, 15) is 13.6 Å². The predicted molar refractivity (Wildman–Crippen MR) is 72.3 cm³/mol. The van der Waals surface area contributed by atoms with Crippen molar-refractivity contribution in [2.45, 2.75) is 62.8 Å². The molecule has 1 saturated heterocycles. The van der Waals surface area contributed by atoms with Gasteiger partial charge in [-0.3, -0.25) is 0 Å². The van der Waals surface area contributed by atoms with Crippen molar-refractivity contribution < 1.29 is 27.8 Å². The van der Waals surface area contributed by atoms with Gasteiger partial charge in [0.15, 0.2) is 5.79 Å². The zero-order valence-corrected chi connectivity index (χ0v) is 12.8. The molecule has 0 radical (unpaired) electrons. The Balaban J connectivity index is 1.58. The first-order chi connectivity index (χ1) is 10.3. The molecule has 0 aromatic heterocycles. The van der Waals surface area contributed by atoms with Gasteiger partial charge in [-0.15, -0.1) is 0 Å². The van der Waals surface area contributed by atoms with Crippen molar-refractivity contribution in [3.8, 4) is 0 Å². The molecule has 5 rings (SSSR count). The van der Waals surface area contributed by atoms with Gasteiger partial charge in [-0.1, -0.05) is 0 Å². The van der Waals surface area contributed by atoms with Crippen LogP contribution >= 0.6 is 0 Å². The zero-order chi connectivity index (χ0) is 15.6. The Hall–Kier alpha value is -0.750. The van der Waals surface area contributed by atoms with E-state index in [1.165, 1.54) is 0 Å². The summed E-state index contributed by atoms with van der Waals surface area (Å²) in [4.78, 5) is 11.7. The maximum absolute atomic E-state index is 13.2. The molecule has 6 heteroatoms. The quantitative estimate of drug-likeness (QED) is 0.735. The number of carbonyl (C=O) groups excluding carboxylic acids is 1. The number of rotatable bonds is 2. The van der Waals surface area contributed by atoms with Crippen LogP contribution in [0.3, 0.4) is 0 Å². The smallest absolute Gasteiger partial charge is 0.377 e. The van der Waals surface area contributed by atoms with Gasteiger partial charge in [0.05, 0.1) is 13.2 Å². The van der Waals surface area contributed by atoms with Gasteiger partial charge >= 0.3 is 11.9 Å². The average molecular weight is 316 g/mol. The molecule has 4 nitrogen and oxygen atoms in total. The summed E-state index contributed by atoms with van der Waals surface area (Å²) in [5.41, 5.74) is -0.734. The first-order valence-electron chi connectivity index (χ1n) is 8.22. The SMILES string of the molecule is CC(F)(F)C(=O)OC12CC3CC(C1)C1(OCCCO1)C(C3)C2. The first-order valence-corrected chi connectivity index (χ1v) is 8.22. The van der Waals surface area contributed by atoms with Gasteiger partial charge in [0, 0.05) is 18.8 Å². The highest BCUT2D eigenvalue weighted by atomic mass is 19.3. The molecular weight excluding hydrogens is 294 g/mol. The second-order valence-corrected chi connectivity index (χ2v) is 7.58. The van der Waals surface area contributed by atoms with E-state index in [0.717, 1.165) is 19.3 Å². The van der Waals surface area contributed by atoms with E-state index in [4.69, 9.17) is 14.2 Å². The lowest BCUT2D eigenvalue weighted by Crippen LogP contribution is -2.67. The number of ether oxygens (including phenoxy) is 3. The van der Waals surface area contributed by atoms with Gasteiger partial charge in [-0.2, -0.15) is 8.78 Å². The molecule has 0 aromatic rings. The molecule has 22 heavy (non-hydrogen) atoms. The van der Waals surface area contributed by atoms with Crippen LogP contribution in [0.4, 0.5) is 8.78 Å². The summed E-state index contributed by atoms with van der Waals surface area (Å²) < 4.78 is 43.9. The average Bonchev–Trinajstić information content (AvgIpc) is 2.44. The van der Waals surface area contributed by atoms with Crippen LogP contribution in [0.25, 0.3) is 0 Å². The molecule has 4 bridgehead atoms. The van der Waals surface area contributed by atoms with Crippen molar-refractivity contribution in [2.24, 2.45) is 17.8 Å². The van der Waals surface area contributed by atoms with Crippen molar-refractivity contribution >= 4 is 5.97 Å². The van der Waals surface area contributed by atoms with Gasteiger partial charge in [0.25, 0.3) is 0 Å². The highest BCUT2D eigenvalue weighted by Crippen LogP contribution is 2.63. The Morgan fingerprint density at radius 2 is 1.73 bits per heavy atom. The van der Waals surface area contributed by atoms with E-state index < -0.39 is 23.3 Å². The summed E-state index contributed by atoms with van der Waals surface area (Å²) in [6.45, 7) is 1.99. The fourth-order valence-corrected chi connectivity index (χ4v) is 5.30.